The zero-order valence-electron chi connectivity index (χ0n) is 8.22. The lowest BCUT2D eigenvalue weighted by molar-refractivity contribution is 0.275. The molecule has 2 heterocycles. The minimum atomic E-state index is -0.210. The van der Waals surface area contributed by atoms with Crippen molar-refractivity contribution in [1.29, 1.82) is 0 Å². The number of hydrogen-bond acceptors (Lipinski definition) is 2. The van der Waals surface area contributed by atoms with Gasteiger partial charge in [0.1, 0.15) is 6.67 Å². The molecule has 0 radical (unpaired) electrons. The van der Waals surface area contributed by atoms with Gasteiger partial charge in [-0.15, -0.1) is 0 Å². The fraction of sp³-hybridized carbons (Fsp3) is 0.800. The molecule has 3 heteroatoms. The van der Waals surface area contributed by atoms with Crippen molar-refractivity contribution >= 4 is 0 Å². The number of likely N-dealkylation sites (N-methyl/N-ethyl adjacent to an activating group) is 1. The van der Waals surface area contributed by atoms with E-state index in [0.717, 1.165) is 32.7 Å². The summed E-state index contributed by atoms with van der Waals surface area (Å²) in [7, 11) is 0. The van der Waals surface area contributed by atoms with Crippen LogP contribution in [0.5, 0.6) is 0 Å². The molecule has 0 fully saturated rings. The molecule has 0 unspecified atom stereocenters. The van der Waals surface area contributed by atoms with Gasteiger partial charge in [0.15, 0.2) is 0 Å². The summed E-state index contributed by atoms with van der Waals surface area (Å²) >= 11 is 0. The highest BCUT2D eigenvalue weighted by molar-refractivity contribution is 5.30. The molecule has 2 rings (SSSR count). The number of nitrogens with zero attached hydrogens (tertiary/aromatic N) is 2. The molecule has 0 aromatic carbocycles. The molecule has 13 heavy (non-hydrogen) atoms. The summed E-state index contributed by atoms with van der Waals surface area (Å²) < 4.78 is 12.1. The van der Waals surface area contributed by atoms with E-state index in [1.807, 2.05) is 0 Å². The second-order valence-corrected chi connectivity index (χ2v) is 3.91. The molecule has 0 aromatic heterocycles. The first-order chi connectivity index (χ1) is 6.33. The van der Waals surface area contributed by atoms with E-state index in [1.54, 1.807) is 11.1 Å². The summed E-state index contributed by atoms with van der Waals surface area (Å²) in [5, 5.41) is 0. The highest BCUT2D eigenvalue weighted by atomic mass is 19.1. The first-order valence-corrected chi connectivity index (χ1v) is 5.04. The van der Waals surface area contributed by atoms with Gasteiger partial charge >= 0.3 is 0 Å². The van der Waals surface area contributed by atoms with E-state index in [-0.39, 0.29) is 6.67 Å². The lowest BCUT2D eigenvalue weighted by Crippen LogP contribution is -2.30. The molecule has 0 amide bonds. The van der Waals surface area contributed by atoms with Gasteiger partial charge in [-0.3, -0.25) is 9.80 Å². The summed E-state index contributed by atoms with van der Waals surface area (Å²) in [6, 6.07) is 0. The first-order valence-electron chi connectivity index (χ1n) is 5.04. The number of halogens is 1. The maximum atomic E-state index is 12.1. The van der Waals surface area contributed by atoms with E-state index < -0.39 is 0 Å². The predicted molar refractivity (Wildman–Crippen MR) is 51.6 cm³/mol. The molecule has 0 saturated heterocycles. The number of alkyl halides is 1. The smallest absolute Gasteiger partial charge is 0.102 e. The number of hydrogen-bond donors (Lipinski definition) is 0. The molecule has 2 aliphatic heterocycles. The van der Waals surface area contributed by atoms with Gasteiger partial charge in [-0.1, -0.05) is 6.92 Å². The minimum absolute atomic E-state index is 0.210. The van der Waals surface area contributed by atoms with Crippen molar-refractivity contribution in [2.24, 2.45) is 0 Å². The Morgan fingerprint density at radius 1 is 1.08 bits per heavy atom. The lowest BCUT2D eigenvalue weighted by Gasteiger charge is -2.20. The van der Waals surface area contributed by atoms with Crippen molar-refractivity contribution in [2.75, 3.05) is 45.9 Å². The highest BCUT2D eigenvalue weighted by Crippen LogP contribution is 2.24. The fourth-order valence-corrected chi connectivity index (χ4v) is 2.24. The van der Waals surface area contributed by atoms with Gasteiger partial charge in [0.05, 0.1) is 0 Å². The summed E-state index contributed by atoms with van der Waals surface area (Å²) in [5.41, 5.74) is 3.10. The van der Waals surface area contributed by atoms with Crippen molar-refractivity contribution in [2.45, 2.75) is 6.92 Å². The summed E-state index contributed by atoms with van der Waals surface area (Å²) in [5.74, 6) is 0. The third-order valence-corrected chi connectivity index (χ3v) is 3.01. The Kier molecular flexibility index (Phi) is 2.65. The largest absolute Gasteiger partial charge is 0.296 e. The van der Waals surface area contributed by atoms with Crippen LogP contribution in [0.1, 0.15) is 6.92 Å². The summed E-state index contributed by atoms with van der Waals surface area (Å²) in [6.45, 7) is 7.99. The van der Waals surface area contributed by atoms with Crippen molar-refractivity contribution in [3.8, 4) is 0 Å². The van der Waals surface area contributed by atoms with E-state index in [9.17, 15) is 4.39 Å². The van der Waals surface area contributed by atoms with E-state index in [2.05, 4.69) is 16.7 Å². The third-order valence-electron chi connectivity index (χ3n) is 3.01. The monoisotopic (exact) mass is 184 g/mol. The quantitative estimate of drug-likeness (QED) is 0.601. The molecule has 0 spiro atoms. The van der Waals surface area contributed by atoms with Crippen LogP contribution in [0.15, 0.2) is 11.1 Å². The molecule has 0 aliphatic carbocycles. The zero-order chi connectivity index (χ0) is 9.26. The average Bonchev–Trinajstić information content (AvgIpc) is 2.61. The maximum Gasteiger partial charge on any atom is 0.102 e. The fourth-order valence-electron chi connectivity index (χ4n) is 2.24. The van der Waals surface area contributed by atoms with Crippen LogP contribution in [-0.2, 0) is 0 Å². The molecular formula is C10H17FN2. The molecule has 0 aromatic rings. The molecule has 0 bridgehead atoms. The van der Waals surface area contributed by atoms with Crippen molar-refractivity contribution < 1.29 is 4.39 Å². The molecule has 0 atom stereocenters. The van der Waals surface area contributed by atoms with Crippen LogP contribution in [-0.4, -0.2) is 55.7 Å². The maximum absolute atomic E-state index is 12.1. The van der Waals surface area contributed by atoms with E-state index in [4.69, 9.17) is 0 Å². The van der Waals surface area contributed by atoms with Crippen LogP contribution in [0, 0.1) is 0 Å². The minimum Gasteiger partial charge on any atom is -0.296 e. The van der Waals surface area contributed by atoms with Crippen molar-refractivity contribution in [3.63, 3.8) is 0 Å². The van der Waals surface area contributed by atoms with Crippen LogP contribution in [0.4, 0.5) is 4.39 Å². The van der Waals surface area contributed by atoms with E-state index in [1.165, 1.54) is 0 Å². The van der Waals surface area contributed by atoms with Crippen LogP contribution in [0.3, 0.4) is 0 Å². The Morgan fingerprint density at radius 3 is 2.08 bits per heavy atom. The highest BCUT2D eigenvalue weighted by Gasteiger charge is 2.28. The Labute approximate surface area is 79.0 Å². The normalized spacial score (nSPS) is 24.5. The molecule has 2 nitrogen and oxygen atoms in total. The Hall–Kier alpha value is -0.410. The van der Waals surface area contributed by atoms with Gasteiger partial charge in [0.2, 0.25) is 0 Å². The first kappa shape index (κ1) is 9.16. The van der Waals surface area contributed by atoms with E-state index >= 15 is 0 Å². The van der Waals surface area contributed by atoms with Crippen molar-refractivity contribution in [1.82, 2.24) is 9.80 Å². The second-order valence-electron chi connectivity index (χ2n) is 3.91. The van der Waals surface area contributed by atoms with Gasteiger partial charge in [-0.25, -0.2) is 4.39 Å². The van der Waals surface area contributed by atoms with Crippen LogP contribution >= 0.6 is 0 Å². The van der Waals surface area contributed by atoms with Gasteiger partial charge in [0, 0.05) is 32.7 Å². The zero-order valence-corrected chi connectivity index (χ0v) is 8.22. The topological polar surface area (TPSA) is 6.48 Å². The van der Waals surface area contributed by atoms with Gasteiger partial charge in [0.25, 0.3) is 0 Å². The third kappa shape index (κ3) is 1.76. The van der Waals surface area contributed by atoms with Crippen LogP contribution in [0.2, 0.25) is 0 Å². The SMILES string of the molecule is CCN1CC2=C(C1)CN(CCF)C2. The van der Waals surface area contributed by atoms with Gasteiger partial charge < -0.3 is 0 Å². The molecule has 0 N–H and O–H groups in total. The Balaban J connectivity index is 1.87. The summed E-state index contributed by atoms with van der Waals surface area (Å²) in [6.07, 6.45) is 0. The Bertz CT molecular complexity index is 207. The molecule has 74 valence electrons. The van der Waals surface area contributed by atoms with E-state index in [0.29, 0.717) is 6.54 Å². The summed E-state index contributed by atoms with van der Waals surface area (Å²) in [4.78, 5) is 4.65. The second kappa shape index (κ2) is 3.76. The average molecular weight is 184 g/mol. The van der Waals surface area contributed by atoms with Crippen molar-refractivity contribution in [3.05, 3.63) is 11.1 Å². The lowest BCUT2D eigenvalue weighted by atomic mass is 10.2. The van der Waals surface area contributed by atoms with Crippen LogP contribution < -0.4 is 0 Å². The van der Waals surface area contributed by atoms with Crippen LogP contribution in [0.25, 0.3) is 0 Å². The molecule has 0 saturated carbocycles. The molecular weight excluding hydrogens is 167 g/mol. The van der Waals surface area contributed by atoms with Gasteiger partial charge in [-0.2, -0.15) is 0 Å². The number of rotatable bonds is 3. The molecule has 2 aliphatic rings. The predicted octanol–water partition coefficient (Wildman–Crippen LogP) is 0.904. The Morgan fingerprint density at radius 2 is 1.62 bits per heavy atom. The standard InChI is InChI=1S/C10H17FN2/c1-2-12-5-9-7-13(4-3-11)8-10(9)6-12/h2-8H2,1H3. The van der Waals surface area contributed by atoms with Gasteiger partial charge in [-0.05, 0) is 17.7 Å².